The average molecular weight is 283 g/mol. The zero-order valence-corrected chi connectivity index (χ0v) is 10.5. The average Bonchev–Trinajstić information content (AvgIpc) is 1.91. The van der Waals surface area contributed by atoms with Crippen molar-refractivity contribution in [3.05, 3.63) is 0 Å². The number of hydrogen-bond acceptors (Lipinski definition) is 3. The molecule has 0 radical (unpaired) electrons. The van der Waals surface area contributed by atoms with Crippen molar-refractivity contribution < 1.29 is 26.3 Å². The Labute approximate surface area is 97.3 Å². The smallest absolute Gasteiger partial charge is 0.381 e. The summed E-state index contributed by atoms with van der Waals surface area (Å²) >= 11 is 0. The summed E-state index contributed by atoms with van der Waals surface area (Å²) < 4.78 is 61.6. The molecule has 0 aliphatic heterocycles. The minimum absolute atomic E-state index is 0.0883. The van der Waals surface area contributed by atoms with Crippen LogP contribution in [0.5, 0.6) is 0 Å². The third-order valence-corrected chi connectivity index (χ3v) is 3.04. The van der Waals surface area contributed by atoms with Crippen molar-refractivity contribution in [1.29, 1.82) is 0 Å². The molecule has 0 saturated heterocycles. The Morgan fingerprint density at radius 1 is 1.25 bits per heavy atom. The van der Waals surface area contributed by atoms with Crippen LogP contribution in [-0.4, -0.2) is 33.6 Å². The molecule has 0 amide bonds. The molecule has 98 valence electrons. The Hall–Kier alpha value is -0.0100. The number of hydrogen-bond donors (Lipinski definition) is 0. The Morgan fingerprint density at radius 3 is 2.12 bits per heavy atom. The van der Waals surface area contributed by atoms with Crippen LogP contribution < -0.4 is 0 Å². The van der Waals surface area contributed by atoms with Crippen molar-refractivity contribution in [1.82, 2.24) is 0 Å². The van der Waals surface area contributed by atoms with Gasteiger partial charge in [0.1, 0.15) is 0 Å². The van der Waals surface area contributed by atoms with E-state index in [2.05, 4.69) is 0 Å². The summed E-state index contributed by atoms with van der Waals surface area (Å²) in [5.41, 5.74) is -0.799. The van der Waals surface area contributed by atoms with Gasteiger partial charge in [-0.3, -0.25) is 0 Å². The molecular formula is C8H14ClF3O3S. The summed E-state index contributed by atoms with van der Waals surface area (Å²) in [7, 11) is 1.36. The van der Waals surface area contributed by atoms with E-state index in [1.54, 1.807) is 13.8 Å². The van der Waals surface area contributed by atoms with Crippen molar-refractivity contribution >= 4 is 19.7 Å². The molecule has 0 aliphatic carbocycles. The van der Waals surface area contributed by atoms with E-state index >= 15 is 0 Å². The van der Waals surface area contributed by atoms with Crippen LogP contribution >= 0.6 is 10.7 Å². The zero-order chi connectivity index (χ0) is 13.0. The fourth-order valence-electron chi connectivity index (χ4n) is 1.04. The first-order chi connectivity index (χ1) is 6.91. The SMILES string of the molecule is CC(C)(COCCC(F)(F)F)CS(=O)(=O)Cl. The highest BCUT2D eigenvalue weighted by Crippen LogP contribution is 2.22. The summed E-state index contributed by atoms with van der Waals surface area (Å²) in [6.45, 7) is 2.55. The number of rotatable bonds is 6. The van der Waals surface area contributed by atoms with Crippen molar-refractivity contribution in [2.45, 2.75) is 26.4 Å². The normalized spacial score (nSPS) is 14.1. The van der Waals surface area contributed by atoms with Gasteiger partial charge in [-0.25, -0.2) is 8.42 Å². The Bertz CT molecular complexity index is 311. The maximum absolute atomic E-state index is 11.7. The van der Waals surface area contributed by atoms with Crippen LogP contribution in [0.2, 0.25) is 0 Å². The molecule has 0 atom stereocenters. The molecule has 0 aromatic carbocycles. The van der Waals surface area contributed by atoms with Crippen LogP contribution in [-0.2, 0) is 13.8 Å². The summed E-state index contributed by atoms with van der Waals surface area (Å²) in [6, 6.07) is 0. The van der Waals surface area contributed by atoms with E-state index in [0.29, 0.717) is 0 Å². The van der Waals surface area contributed by atoms with Gasteiger partial charge >= 0.3 is 6.18 Å². The molecule has 0 aromatic heterocycles. The second-order valence-corrected chi connectivity index (χ2v) is 7.04. The second-order valence-electron chi connectivity index (χ2n) is 4.27. The molecule has 3 nitrogen and oxygen atoms in total. The van der Waals surface area contributed by atoms with Gasteiger partial charge in [0.2, 0.25) is 9.05 Å². The van der Waals surface area contributed by atoms with Crippen molar-refractivity contribution in [3.8, 4) is 0 Å². The predicted octanol–water partition coefficient (Wildman–Crippen LogP) is 2.55. The quantitative estimate of drug-likeness (QED) is 0.555. The van der Waals surface area contributed by atoms with Crippen LogP contribution in [0, 0.1) is 5.41 Å². The highest BCUT2D eigenvalue weighted by molar-refractivity contribution is 8.13. The van der Waals surface area contributed by atoms with E-state index in [1.165, 1.54) is 0 Å². The van der Waals surface area contributed by atoms with Crippen LogP contribution in [0.25, 0.3) is 0 Å². The van der Waals surface area contributed by atoms with Gasteiger partial charge in [-0.1, -0.05) is 13.8 Å². The highest BCUT2D eigenvalue weighted by Gasteiger charge is 2.28. The third-order valence-electron chi connectivity index (χ3n) is 1.59. The van der Waals surface area contributed by atoms with Crippen molar-refractivity contribution in [2.75, 3.05) is 19.0 Å². The Balaban J connectivity index is 3.92. The van der Waals surface area contributed by atoms with Crippen LogP contribution in [0.1, 0.15) is 20.3 Å². The third kappa shape index (κ3) is 10.5. The predicted molar refractivity (Wildman–Crippen MR) is 54.9 cm³/mol. The van der Waals surface area contributed by atoms with Crippen molar-refractivity contribution in [3.63, 3.8) is 0 Å². The van der Waals surface area contributed by atoms with Gasteiger partial charge in [0.05, 0.1) is 25.4 Å². The first kappa shape index (κ1) is 16.0. The molecule has 0 unspecified atom stereocenters. The maximum Gasteiger partial charge on any atom is 0.391 e. The highest BCUT2D eigenvalue weighted by atomic mass is 35.7. The molecule has 0 spiro atoms. The number of ether oxygens (including phenoxy) is 1. The first-order valence-corrected chi connectivity index (χ1v) is 6.96. The topological polar surface area (TPSA) is 43.4 Å². The van der Waals surface area contributed by atoms with Gasteiger partial charge in [0.15, 0.2) is 0 Å². The molecule has 0 bridgehead atoms. The fourth-order valence-corrected chi connectivity index (χ4v) is 2.95. The largest absolute Gasteiger partial charge is 0.391 e. The minimum Gasteiger partial charge on any atom is -0.381 e. The number of halogens is 4. The van der Waals surface area contributed by atoms with E-state index in [1.807, 2.05) is 0 Å². The summed E-state index contributed by atoms with van der Waals surface area (Å²) in [6.07, 6.45) is -5.31. The Morgan fingerprint density at radius 2 is 1.75 bits per heavy atom. The number of alkyl halides is 3. The molecule has 0 rings (SSSR count). The van der Waals surface area contributed by atoms with Gasteiger partial charge in [0.25, 0.3) is 0 Å². The lowest BCUT2D eigenvalue weighted by Gasteiger charge is -2.22. The lowest BCUT2D eigenvalue weighted by molar-refractivity contribution is -0.147. The van der Waals surface area contributed by atoms with Gasteiger partial charge in [-0.2, -0.15) is 13.2 Å². The molecule has 0 aromatic rings. The summed E-state index contributed by atoms with van der Waals surface area (Å²) in [4.78, 5) is 0. The molecule has 0 saturated carbocycles. The minimum atomic E-state index is -4.26. The van der Waals surface area contributed by atoms with E-state index in [0.717, 1.165) is 0 Å². The maximum atomic E-state index is 11.7. The van der Waals surface area contributed by atoms with Crippen molar-refractivity contribution in [2.24, 2.45) is 5.41 Å². The van der Waals surface area contributed by atoms with E-state index in [9.17, 15) is 21.6 Å². The molecule has 0 fully saturated rings. The molecule has 0 heterocycles. The molecule has 16 heavy (non-hydrogen) atoms. The molecule has 0 N–H and O–H groups in total. The summed E-state index contributed by atoms with van der Waals surface area (Å²) in [5.74, 6) is -0.340. The van der Waals surface area contributed by atoms with Gasteiger partial charge in [-0.05, 0) is 0 Å². The first-order valence-electron chi connectivity index (χ1n) is 4.48. The van der Waals surface area contributed by atoms with Crippen LogP contribution in [0.15, 0.2) is 0 Å². The van der Waals surface area contributed by atoms with E-state index in [-0.39, 0.29) is 12.4 Å². The van der Waals surface area contributed by atoms with E-state index < -0.39 is 33.7 Å². The summed E-state index contributed by atoms with van der Waals surface area (Å²) in [5, 5.41) is 0. The lowest BCUT2D eigenvalue weighted by atomic mass is 9.98. The second kappa shape index (κ2) is 5.55. The Kier molecular flexibility index (Phi) is 5.55. The van der Waals surface area contributed by atoms with Gasteiger partial charge in [0, 0.05) is 16.1 Å². The standard InChI is InChI=1S/C8H14ClF3O3S/c1-7(2,6-16(9,13)14)5-15-4-3-8(10,11)12/h3-6H2,1-2H3. The molecular weight excluding hydrogens is 269 g/mol. The van der Waals surface area contributed by atoms with E-state index in [4.69, 9.17) is 15.4 Å². The van der Waals surface area contributed by atoms with Gasteiger partial charge < -0.3 is 4.74 Å². The molecule has 8 heteroatoms. The zero-order valence-electron chi connectivity index (χ0n) is 8.97. The lowest BCUT2D eigenvalue weighted by Crippen LogP contribution is -2.27. The fraction of sp³-hybridized carbons (Fsp3) is 1.00. The van der Waals surface area contributed by atoms with Crippen LogP contribution in [0.4, 0.5) is 13.2 Å². The van der Waals surface area contributed by atoms with Crippen LogP contribution in [0.3, 0.4) is 0 Å². The molecule has 0 aliphatic rings. The monoisotopic (exact) mass is 282 g/mol. The van der Waals surface area contributed by atoms with Gasteiger partial charge in [-0.15, -0.1) is 0 Å².